The predicted molar refractivity (Wildman–Crippen MR) is 145 cm³/mol. The van der Waals surface area contributed by atoms with Crippen LogP contribution < -0.4 is 0 Å². The van der Waals surface area contributed by atoms with Gasteiger partial charge in [0.1, 0.15) is 16.4 Å². The summed E-state index contributed by atoms with van der Waals surface area (Å²) in [5.41, 5.74) is 2.18. The van der Waals surface area contributed by atoms with Crippen molar-refractivity contribution in [3.8, 4) is 21.8 Å². The van der Waals surface area contributed by atoms with Crippen LogP contribution in [0.1, 0.15) is 17.8 Å². The van der Waals surface area contributed by atoms with E-state index in [4.69, 9.17) is 4.98 Å². The Bertz CT molecular complexity index is 1920. The van der Waals surface area contributed by atoms with Gasteiger partial charge in [-0.25, -0.2) is 27.3 Å². The number of benzene rings is 2. The van der Waals surface area contributed by atoms with Crippen molar-refractivity contribution in [2.24, 2.45) is 0 Å². The van der Waals surface area contributed by atoms with E-state index in [1.54, 1.807) is 55.0 Å². The Balaban J connectivity index is 1.30. The van der Waals surface area contributed by atoms with Crippen LogP contribution >= 0.6 is 11.3 Å². The molecule has 7 rings (SSSR count). The lowest BCUT2D eigenvalue weighted by Crippen LogP contribution is -2.25. The molecule has 38 heavy (non-hydrogen) atoms. The quantitative estimate of drug-likeness (QED) is 0.334. The Morgan fingerprint density at radius 1 is 0.974 bits per heavy atom. The fraction of sp³-hybridized carbons (Fsp3) is 0.107. The highest BCUT2D eigenvalue weighted by Crippen LogP contribution is 2.40. The number of aromatic nitrogens is 5. The van der Waals surface area contributed by atoms with Gasteiger partial charge >= 0.3 is 0 Å². The minimum Gasteiger partial charge on any atom is -0.377 e. The molecule has 1 aliphatic rings. The van der Waals surface area contributed by atoms with Crippen molar-refractivity contribution in [1.82, 2.24) is 23.5 Å². The van der Waals surface area contributed by atoms with Crippen LogP contribution in [0.25, 0.3) is 32.9 Å². The molecule has 1 aliphatic heterocycles. The first-order chi connectivity index (χ1) is 18.4. The third-order valence-electron chi connectivity index (χ3n) is 7.00. The maximum absolute atomic E-state index is 13.5. The number of pyridine rings is 1. The molecule has 6 aromatic rings. The third kappa shape index (κ3) is 3.45. The Morgan fingerprint density at radius 2 is 1.84 bits per heavy atom. The number of rotatable bonds is 5. The van der Waals surface area contributed by atoms with Crippen molar-refractivity contribution in [3.63, 3.8) is 0 Å². The van der Waals surface area contributed by atoms with Gasteiger partial charge in [-0.15, -0.1) is 11.3 Å². The van der Waals surface area contributed by atoms with Gasteiger partial charge in [-0.05, 0) is 35.9 Å². The number of aliphatic hydroxyl groups is 1. The van der Waals surface area contributed by atoms with Gasteiger partial charge in [0.2, 0.25) is 0 Å². The van der Waals surface area contributed by atoms with Gasteiger partial charge in [-0.3, -0.25) is 0 Å². The van der Waals surface area contributed by atoms with Crippen molar-refractivity contribution in [3.05, 3.63) is 108 Å². The van der Waals surface area contributed by atoms with Crippen molar-refractivity contribution < 1.29 is 13.5 Å². The second-order valence-electron chi connectivity index (χ2n) is 9.20. The Hall–Kier alpha value is -4.12. The summed E-state index contributed by atoms with van der Waals surface area (Å²) in [6.07, 6.45) is 7.33. The van der Waals surface area contributed by atoms with E-state index in [-0.39, 0.29) is 4.90 Å². The fourth-order valence-corrected chi connectivity index (χ4v) is 7.25. The average molecular weight is 540 g/mol. The Kier molecular flexibility index (Phi) is 5.12. The molecule has 1 atom stereocenters. The lowest BCUT2D eigenvalue weighted by molar-refractivity contribution is 0.0786. The van der Waals surface area contributed by atoms with Gasteiger partial charge in [0.15, 0.2) is 5.65 Å². The van der Waals surface area contributed by atoms with Crippen molar-refractivity contribution >= 4 is 32.4 Å². The maximum atomic E-state index is 13.5. The van der Waals surface area contributed by atoms with Crippen LogP contribution in [0, 0.1) is 0 Å². The first-order valence-electron chi connectivity index (χ1n) is 12.0. The predicted octanol–water partition coefficient (Wildman–Crippen LogP) is 4.90. The number of hydrogen-bond donors (Lipinski definition) is 1. The van der Waals surface area contributed by atoms with Gasteiger partial charge in [0, 0.05) is 59.6 Å². The standard InChI is InChI=1S/C28H21N5O3S2/c34-28(11-14-32-15-13-30-27(28)32)20-7-4-6-19(16-20)26-31-24(18-37-26)23-17-33(25-22(23)10-5-12-29-25)38(35,36)21-8-2-1-3-9-21/h1-10,12-13,15-18,34H,11,14H2/t28-/m1/s1. The topological polar surface area (TPSA) is 103 Å². The van der Waals surface area contributed by atoms with E-state index in [2.05, 4.69) is 9.97 Å². The van der Waals surface area contributed by atoms with E-state index in [0.717, 1.165) is 16.1 Å². The number of nitrogens with zero attached hydrogens (tertiary/aromatic N) is 5. The fourth-order valence-electron chi connectivity index (χ4n) is 5.09. The van der Waals surface area contributed by atoms with Crippen LogP contribution in [0.2, 0.25) is 0 Å². The molecule has 0 bridgehead atoms. The molecule has 10 heteroatoms. The molecule has 4 aromatic heterocycles. The Labute approximate surface area is 222 Å². The van der Waals surface area contributed by atoms with Gasteiger partial charge < -0.3 is 9.67 Å². The van der Waals surface area contributed by atoms with Crippen LogP contribution in [0.15, 0.2) is 102 Å². The normalized spacial score (nSPS) is 17.2. The SMILES string of the molecule is O=S(=O)(c1ccccc1)n1cc(-c2csc(-c3cccc([C@]4(O)CCn5ccnc54)c3)n2)c2cccnc21. The summed E-state index contributed by atoms with van der Waals surface area (Å²) in [4.78, 5) is 13.8. The molecule has 0 spiro atoms. The largest absolute Gasteiger partial charge is 0.377 e. The van der Waals surface area contributed by atoms with Crippen molar-refractivity contribution in [2.45, 2.75) is 23.5 Å². The van der Waals surface area contributed by atoms with Crippen LogP contribution in [0.4, 0.5) is 0 Å². The van der Waals surface area contributed by atoms with Gasteiger partial charge in [0.25, 0.3) is 10.0 Å². The highest BCUT2D eigenvalue weighted by Gasteiger charge is 2.40. The van der Waals surface area contributed by atoms with Crippen LogP contribution in [-0.2, 0) is 22.2 Å². The highest BCUT2D eigenvalue weighted by molar-refractivity contribution is 7.90. The first-order valence-corrected chi connectivity index (χ1v) is 14.3. The van der Waals surface area contributed by atoms with Gasteiger partial charge in [-0.2, -0.15) is 0 Å². The van der Waals surface area contributed by atoms with E-state index in [1.165, 1.54) is 15.3 Å². The second kappa shape index (κ2) is 8.45. The van der Waals surface area contributed by atoms with E-state index >= 15 is 0 Å². The summed E-state index contributed by atoms with van der Waals surface area (Å²) < 4.78 is 30.1. The van der Waals surface area contributed by atoms with E-state index in [0.29, 0.717) is 41.1 Å². The monoisotopic (exact) mass is 539 g/mol. The maximum Gasteiger partial charge on any atom is 0.269 e. The zero-order chi connectivity index (χ0) is 25.9. The molecule has 0 radical (unpaired) electrons. The molecule has 0 fully saturated rings. The summed E-state index contributed by atoms with van der Waals surface area (Å²) in [6, 6.07) is 19.7. The van der Waals surface area contributed by atoms with E-state index in [1.807, 2.05) is 46.5 Å². The van der Waals surface area contributed by atoms with Crippen molar-refractivity contribution in [2.75, 3.05) is 0 Å². The zero-order valence-electron chi connectivity index (χ0n) is 20.0. The van der Waals surface area contributed by atoms with Crippen LogP contribution in [-0.4, -0.2) is 37.0 Å². The molecule has 188 valence electrons. The van der Waals surface area contributed by atoms with Gasteiger partial charge in [0.05, 0.1) is 10.6 Å². The summed E-state index contributed by atoms with van der Waals surface area (Å²) in [5.74, 6) is 0.648. The molecular formula is C28H21N5O3S2. The number of aryl methyl sites for hydroxylation is 1. The molecule has 2 aromatic carbocycles. The van der Waals surface area contributed by atoms with Crippen molar-refractivity contribution in [1.29, 1.82) is 0 Å². The second-order valence-corrected chi connectivity index (χ2v) is 11.9. The molecular weight excluding hydrogens is 518 g/mol. The molecule has 0 amide bonds. The summed E-state index contributed by atoms with van der Waals surface area (Å²) >= 11 is 1.46. The Morgan fingerprint density at radius 3 is 2.71 bits per heavy atom. The zero-order valence-corrected chi connectivity index (χ0v) is 21.6. The minimum absolute atomic E-state index is 0.190. The molecule has 0 saturated carbocycles. The van der Waals surface area contributed by atoms with Crippen LogP contribution in [0.5, 0.6) is 0 Å². The third-order valence-corrected chi connectivity index (χ3v) is 9.55. The van der Waals surface area contributed by atoms with E-state index in [9.17, 15) is 13.5 Å². The average Bonchev–Trinajstić information content (AvgIpc) is 3.74. The summed E-state index contributed by atoms with van der Waals surface area (Å²) in [6.45, 7) is 0.710. The van der Waals surface area contributed by atoms with Gasteiger partial charge in [-0.1, -0.05) is 36.4 Å². The number of imidazole rings is 1. The number of thiazole rings is 1. The molecule has 0 unspecified atom stereocenters. The highest BCUT2D eigenvalue weighted by atomic mass is 32.2. The van der Waals surface area contributed by atoms with E-state index < -0.39 is 15.6 Å². The molecule has 5 heterocycles. The first kappa shape index (κ1) is 23.0. The van der Waals surface area contributed by atoms with Crippen LogP contribution in [0.3, 0.4) is 0 Å². The molecule has 0 aliphatic carbocycles. The number of fused-ring (bicyclic) bond motifs is 2. The number of hydrogen-bond acceptors (Lipinski definition) is 7. The molecule has 1 N–H and O–H groups in total. The minimum atomic E-state index is -3.85. The lowest BCUT2D eigenvalue weighted by Gasteiger charge is -2.22. The summed E-state index contributed by atoms with van der Waals surface area (Å²) in [5, 5.41) is 14.9. The lowest BCUT2D eigenvalue weighted by atomic mass is 9.90. The summed E-state index contributed by atoms with van der Waals surface area (Å²) in [7, 11) is -3.85. The smallest absolute Gasteiger partial charge is 0.269 e. The molecule has 8 nitrogen and oxygen atoms in total. The molecule has 0 saturated heterocycles.